The molecule has 0 spiro atoms. The van der Waals surface area contributed by atoms with Crippen LogP contribution in [-0.2, 0) is 4.74 Å². The number of pyridine rings is 1. The number of benzene rings is 1. The molecule has 1 atom stereocenters. The van der Waals surface area contributed by atoms with Crippen molar-refractivity contribution in [2.45, 2.75) is 25.6 Å². The highest BCUT2D eigenvalue weighted by molar-refractivity contribution is 6.08. The van der Waals surface area contributed by atoms with E-state index in [4.69, 9.17) is 9.47 Å². The zero-order valence-corrected chi connectivity index (χ0v) is 14.8. The van der Waals surface area contributed by atoms with Crippen molar-refractivity contribution < 1.29 is 14.3 Å². The number of aromatic nitrogens is 1. The number of ketones is 1. The summed E-state index contributed by atoms with van der Waals surface area (Å²) >= 11 is 0. The fourth-order valence-corrected chi connectivity index (χ4v) is 2.63. The van der Waals surface area contributed by atoms with Crippen LogP contribution in [-0.4, -0.2) is 37.3 Å². The first-order valence-corrected chi connectivity index (χ1v) is 8.79. The molecular weight excluding hydrogens is 328 g/mol. The summed E-state index contributed by atoms with van der Waals surface area (Å²) in [6.07, 6.45) is 4.47. The Morgan fingerprint density at radius 1 is 1.23 bits per heavy atom. The van der Waals surface area contributed by atoms with Crippen molar-refractivity contribution in [3.63, 3.8) is 0 Å². The van der Waals surface area contributed by atoms with Gasteiger partial charge in [-0.2, -0.15) is 0 Å². The van der Waals surface area contributed by atoms with Crippen molar-refractivity contribution >= 4 is 5.78 Å². The highest BCUT2D eigenvalue weighted by Crippen LogP contribution is 2.20. The molecule has 1 aromatic heterocycles. The monoisotopic (exact) mass is 350 g/mol. The lowest BCUT2D eigenvalue weighted by Crippen LogP contribution is -2.24. The molecule has 0 aliphatic carbocycles. The van der Waals surface area contributed by atoms with Crippen LogP contribution in [0.1, 0.15) is 40.9 Å². The molecule has 1 fully saturated rings. The number of carbonyl (C=O) groups is 1. The second-order valence-corrected chi connectivity index (χ2v) is 6.03. The van der Waals surface area contributed by atoms with Crippen LogP contribution in [0.25, 0.3) is 0 Å². The molecule has 1 aliphatic rings. The van der Waals surface area contributed by atoms with E-state index in [9.17, 15) is 4.79 Å². The predicted octanol–water partition coefficient (Wildman–Crippen LogP) is 2.79. The standard InChI is InChI=1S/C21H22N2O3/c1-22-13-4-5-18-10-7-17(15-23-18)21(24)16-8-11-19(12-9-16)26-20-6-2-3-14-25-20/h7-12,15,20,22H,2-3,6,13-14H2,1H3. The van der Waals surface area contributed by atoms with Gasteiger partial charge in [0.25, 0.3) is 0 Å². The van der Waals surface area contributed by atoms with Gasteiger partial charge in [0, 0.05) is 23.7 Å². The summed E-state index contributed by atoms with van der Waals surface area (Å²) in [5, 5.41) is 2.95. The van der Waals surface area contributed by atoms with Gasteiger partial charge in [-0.05, 0) is 62.2 Å². The van der Waals surface area contributed by atoms with Crippen LogP contribution in [0.2, 0.25) is 0 Å². The minimum Gasteiger partial charge on any atom is -0.465 e. The van der Waals surface area contributed by atoms with E-state index >= 15 is 0 Å². The van der Waals surface area contributed by atoms with Gasteiger partial charge in [-0.25, -0.2) is 4.98 Å². The first-order valence-electron chi connectivity index (χ1n) is 8.79. The van der Waals surface area contributed by atoms with Gasteiger partial charge in [0.05, 0.1) is 13.2 Å². The van der Waals surface area contributed by atoms with Crippen LogP contribution in [0, 0.1) is 11.8 Å². The Labute approximate surface area is 153 Å². The lowest BCUT2D eigenvalue weighted by molar-refractivity contribution is -0.105. The van der Waals surface area contributed by atoms with Crippen LogP contribution < -0.4 is 10.1 Å². The Balaban J connectivity index is 1.63. The normalized spacial score (nSPS) is 16.4. The molecule has 0 radical (unpaired) electrons. The lowest BCUT2D eigenvalue weighted by Gasteiger charge is -2.23. The summed E-state index contributed by atoms with van der Waals surface area (Å²) < 4.78 is 11.4. The highest BCUT2D eigenvalue weighted by atomic mass is 16.7. The topological polar surface area (TPSA) is 60.5 Å². The smallest absolute Gasteiger partial charge is 0.199 e. The van der Waals surface area contributed by atoms with Crippen molar-refractivity contribution in [2.24, 2.45) is 0 Å². The van der Waals surface area contributed by atoms with E-state index in [0.29, 0.717) is 29.1 Å². The average Bonchev–Trinajstić information content (AvgIpc) is 2.70. The van der Waals surface area contributed by atoms with Crippen molar-refractivity contribution in [3.05, 3.63) is 59.4 Å². The molecule has 0 amide bonds. The minimum atomic E-state index is -0.189. The van der Waals surface area contributed by atoms with E-state index in [2.05, 4.69) is 22.1 Å². The van der Waals surface area contributed by atoms with Gasteiger partial charge in [0.2, 0.25) is 0 Å². The van der Waals surface area contributed by atoms with E-state index in [1.165, 1.54) is 0 Å². The Bertz CT molecular complexity index is 783. The fourth-order valence-electron chi connectivity index (χ4n) is 2.63. The molecular formula is C21H22N2O3. The average molecular weight is 350 g/mol. The Morgan fingerprint density at radius 3 is 2.69 bits per heavy atom. The molecule has 1 unspecified atom stereocenters. The van der Waals surface area contributed by atoms with E-state index < -0.39 is 0 Å². The van der Waals surface area contributed by atoms with Crippen molar-refractivity contribution in [1.29, 1.82) is 0 Å². The van der Waals surface area contributed by atoms with Crippen molar-refractivity contribution in [3.8, 4) is 17.6 Å². The molecule has 0 saturated carbocycles. The van der Waals surface area contributed by atoms with E-state index in [1.54, 1.807) is 42.6 Å². The van der Waals surface area contributed by atoms with E-state index in [-0.39, 0.29) is 12.1 Å². The van der Waals surface area contributed by atoms with Gasteiger partial charge in [0.1, 0.15) is 11.4 Å². The Morgan fingerprint density at radius 2 is 2.04 bits per heavy atom. The summed E-state index contributed by atoms with van der Waals surface area (Å²) in [6.45, 7) is 1.34. The maximum absolute atomic E-state index is 12.6. The second kappa shape index (κ2) is 9.14. The third-order valence-electron chi connectivity index (χ3n) is 4.03. The molecule has 2 heterocycles. The first kappa shape index (κ1) is 18.1. The number of hydrogen-bond acceptors (Lipinski definition) is 5. The maximum Gasteiger partial charge on any atom is 0.199 e. The molecule has 5 heteroatoms. The van der Waals surface area contributed by atoms with Crippen LogP contribution in [0.5, 0.6) is 5.75 Å². The third kappa shape index (κ3) is 4.92. The zero-order valence-electron chi connectivity index (χ0n) is 14.8. The summed E-state index contributed by atoms with van der Waals surface area (Å²) in [5.41, 5.74) is 1.78. The van der Waals surface area contributed by atoms with Gasteiger partial charge < -0.3 is 14.8 Å². The Kier molecular flexibility index (Phi) is 6.37. The van der Waals surface area contributed by atoms with Gasteiger partial charge >= 0.3 is 0 Å². The largest absolute Gasteiger partial charge is 0.465 e. The van der Waals surface area contributed by atoms with Crippen LogP contribution >= 0.6 is 0 Å². The number of nitrogens with zero attached hydrogens (tertiary/aromatic N) is 1. The molecule has 2 aromatic rings. The van der Waals surface area contributed by atoms with Crippen LogP contribution in [0.15, 0.2) is 42.6 Å². The van der Waals surface area contributed by atoms with Crippen LogP contribution in [0.3, 0.4) is 0 Å². The van der Waals surface area contributed by atoms with Crippen molar-refractivity contribution in [2.75, 3.05) is 20.2 Å². The van der Waals surface area contributed by atoms with Crippen LogP contribution in [0.4, 0.5) is 0 Å². The van der Waals surface area contributed by atoms with Gasteiger partial charge in [-0.15, -0.1) is 0 Å². The van der Waals surface area contributed by atoms with Crippen molar-refractivity contribution in [1.82, 2.24) is 10.3 Å². The van der Waals surface area contributed by atoms with Gasteiger partial charge in [0.15, 0.2) is 12.1 Å². The van der Waals surface area contributed by atoms with E-state index in [0.717, 1.165) is 25.9 Å². The molecule has 5 nitrogen and oxygen atoms in total. The molecule has 1 aromatic carbocycles. The minimum absolute atomic E-state index is 0.0762. The predicted molar refractivity (Wildman–Crippen MR) is 99.1 cm³/mol. The molecule has 0 bridgehead atoms. The maximum atomic E-state index is 12.6. The molecule has 3 rings (SSSR count). The molecule has 1 saturated heterocycles. The third-order valence-corrected chi connectivity index (χ3v) is 4.03. The molecule has 134 valence electrons. The van der Waals surface area contributed by atoms with Gasteiger partial charge in [-0.1, -0.05) is 5.92 Å². The highest BCUT2D eigenvalue weighted by Gasteiger charge is 2.15. The molecule has 1 N–H and O–H groups in total. The number of hydrogen-bond donors (Lipinski definition) is 1. The number of rotatable bonds is 5. The number of carbonyl (C=O) groups excluding carboxylic acids is 1. The summed E-state index contributed by atoms with van der Waals surface area (Å²) in [4.78, 5) is 16.8. The first-order chi connectivity index (χ1) is 12.8. The van der Waals surface area contributed by atoms with Gasteiger partial charge in [-0.3, -0.25) is 4.79 Å². The quantitative estimate of drug-likeness (QED) is 0.664. The number of nitrogens with one attached hydrogen (secondary N) is 1. The SMILES string of the molecule is CNCC#Cc1ccc(C(=O)c2ccc(OC3CCCCO3)cc2)cn1. The molecule has 26 heavy (non-hydrogen) atoms. The fraction of sp³-hybridized carbons (Fsp3) is 0.333. The second-order valence-electron chi connectivity index (χ2n) is 6.03. The summed E-state index contributed by atoms with van der Waals surface area (Å²) in [7, 11) is 1.84. The zero-order chi connectivity index (χ0) is 18.2. The molecule has 1 aliphatic heterocycles. The lowest BCUT2D eigenvalue weighted by atomic mass is 10.0. The van der Waals surface area contributed by atoms with E-state index in [1.807, 2.05) is 7.05 Å². The summed E-state index contributed by atoms with van der Waals surface area (Å²) in [5.74, 6) is 6.51. The Hall–Kier alpha value is -2.68. The number of ether oxygens (including phenoxy) is 2. The summed E-state index contributed by atoms with van der Waals surface area (Å²) in [6, 6.07) is 10.6.